The van der Waals surface area contributed by atoms with E-state index in [1.165, 1.54) is 64.2 Å². The number of carbonyl (C=O) groups is 1. The van der Waals surface area contributed by atoms with Crippen molar-refractivity contribution in [2.24, 2.45) is 17.8 Å². The van der Waals surface area contributed by atoms with E-state index in [1.807, 2.05) is 0 Å². The number of ketones is 1. The second-order valence-electron chi connectivity index (χ2n) is 8.03. The fourth-order valence-corrected chi connectivity index (χ4v) is 5.73. The van der Waals surface area contributed by atoms with Gasteiger partial charge in [0.1, 0.15) is 5.78 Å². The van der Waals surface area contributed by atoms with Crippen molar-refractivity contribution in [2.75, 3.05) is 6.54 Å². The van der Waals surface area contributed by atoms with Crippen molar-refractivity contribution in [1.29, 1.82) is 0 Å². The quantitative estimate of drug-likeness (QED) is 0.725. The Morgan fingerprint density at radius 2 is 1.55 bits per heavy atom. The summed E-state index contributed by atoms with van der Waals surface area (Å²) in [5, 5.41) is 0. The maximum Gasteiger partial charge on any atom is 0.138 e. The fourth-order valence-electron chi connectivity index (χ4n) is 5.73. The molecule has 2 nitrogen and oxygen atoms in total. The van der Waals surface area contributed by atoms with Gasteiger partial charge < -0.3 is 0 Å². The maximum absolute atomic E-state index is 12.2. The summed E-state index contributed by atoms with van der Waals surface area (Å²) in [4.78, 5) is 15.0. The van der Waals surface area contributed by atoms with Crippen LogP contribution >= 0.6 is 0 Å². The topological polar surface area (TPSA) is 20.3 Å². The predicted octanol–water partition coefficient (Wildman–Crippen LogP) is 3.79. The molecule has 2 saturated heterocycles. The number of Topliss-reactive ketones (excluding diaryl/α,β-unsaturated/α-hetero) is 1. The first kappa shape index (κ1) is 13.3. The minimum Gasteiger partial charge on any atom is -0.299 e. The molecule has 0 aromatic rings. The molecule has 0 aromatic heterocycles. The number of carbonyl (C=O) groups excluding carboxylic acids is 1. The molecular weight excluding hydrogens is 246 g/mol. The van der Waals surface area contributed by atoms with Gasteiger partial charge in [-0.3, -0.25) is 9.69 Å². The third-order valence-corrected chi connectivity index (χ3v) is 6.70. The number of hydrogen-bond acceptors (Lipinski definition) is 2. The van der Waals surface area contributed by atoms with Gasteiger partial charge in [0.25, 0.3) is 0 Å². The zero-order valence-corrected chi connectivity index (χ0v) is 12.7. The summed E-state index contributed by atoms with van der Waals surface area (Å²) in [7, 11) is 0. The van der Waals surface area contributed by atoms with Crippen molar-refractivity contribution in [1.82, 2.24) is 4.90 Å². The highest BCUT2D eigenvalue weighted by Gasteiger charge is 2.42. The summed E-state index contributed by atoms with van der Waals surface area (Å²) in [6.07, 6.45) is 14.8. The van der Waals surface area contributed by atoms with Gasteiger partial charge in [0.2, 0.25) is 0 Å². The highest BCUT2D eigenvalue weighted by atomic mass is 16.1. The second-order valence-corrected chi connectivity index (χ2v) is 8.03. The van der Waals surface area contributed by atoms with Crippen LogP contribution in [-0.4, -0.2) is 29.3 Å². The molecule has 112 valence electrons. The third kappa shape index (κ3) is 2.45. The van der Waals surface area contributed by atoms with Gasteiger partial charge in [0, 0.05) is 31.0 Å². The lowest BCUT2D eigenvalue weighted by atomic mass is 9.69. The molecule has 2 heterocycles. The van der Waals surface area contributed by atoms with Crippen LogP contribution in [0.25, 0.3) is 0 Å². The molecule has 0 N–H and O–H groups in total. The molecule has 4 unspecified atom stereocenters. The number of hydrogen-bond donors (Lipinski definition) is 0. The van der Waals surface area contributed by atoms with E-state index in [0.29, 0.717) is 17.7 Å². The smallest absolute Gasteiger partial charge is 0.138 e. The lowest BCUT2D eigenvalue weighted by molar-refractivity contribution is -0.131. The Balaban J connectivity index is 1.51. The molecule has 0 aromatic carbocycles. The Morgan fingerprint density at radius 1 is 0.800 bits per heavy atom. The Hall–Kier alpha value is -0.370. The monoisotopic (exact) mass is 275 g/mol. The molecule has 0 amide bonds. The van der Waals surface area contributed by atoms with Crippen molar-refractivity contribution in [2.45, 2.75) is 82.7 Å². The Bertz CT molecular complexity index is 368. The van der Waals surface area contributed by atoms with Gasteiger partial charge in [-0.05, 0) is 43.9 Å². The molecule has 2 aliphatic heterocycles. The van der Waals surface area contributed by atoms with Crippen LogP contribution < -0.4 is 0 Å². The van der Waals surface area contributed by atoms with Crippen LogP contribution in [0, 0.1) is 17.8 Å². The van der Waals surface area contributed by atoms with Gasteiger partial charge in [0.15, 0.2) is 0 Å². The summed E-state index contributed by atoms with van der Waals surface area (Å²) >= 11 is 0. The van der Waals surface area contributed by atoms with E-state index in [4.69, 9.17) is 0 Å². The largest absolute Gasteiger partial charge is 0.299 e. The molecule has 3 saturated carbocycles. The maximum atomic E-state index is 12.2. The van der Waals surface area contributed by atoms with E-state index in [9.17, 15) is 4.79 Å². The molecule has 0 spiro atoms. The average molecular weight is 275 g/mol. The average Bonchev–Trinajstić information content (AvgIpc) is 2.40. The van der Waals surface area contributed by atoms with Crippen molar-refractivity contribution in [3.8, 4) is 0 Å². The van der Waals surface area contributed by atoms with E-state index in [1.54, 1.807) is 0 Å². The Labute approximate surface area is 123 Å². The van der Waals surface area contributed by atoms with Crippen LogP contribution in [0.1, 0.15) is 70.6 Å². The SMILES string of the molecule is O=C1CC2CCCCC1CN2C1CC2CCCC(C2)C1. The summed E-state index contributed by atoms with van der Waals surface area (Å²) in [5.41, 5.74) is 0. The van der Waals surface area contributed by atoms with E-state index in [2.05, 4.69) is 4.90 Å². The van der Waals surface area contributed by atoms with Gasteiger partial charge in [0.05, 0.1) is 0 Å². The number of nitrogens with zero attached hydrogens (tertiary/aromatic N) is 1. The summed E-state index contributed by atoms with van der Waals surface area (Å²) < 4.78 is 0. The summed E-state index contributed by atoms with van der Waals surface area (Å²) in [5.74, 6) is 2.98. The van der Waals surface area contributed by atoms with Crippen molar-refractivity contribution in [3.05, 3.63) is 0 Å². The van der Waals surface area contributed by atoms with Crippen molar-refractivity contribution >= 4 is 5.78 Å². The number of rotatable bonds is 1. The van der Waals surface area contributed by atoms with Gasteiger partial charge in [-0.1, -0.05) is 32.1 Å². The number of fused-ring (bicyclic) bond motifs is 7. The molecule has 0 radical (unpaired) electrons. The summed E-state index contributed by atoms with van der Waals surface area (Å²) in [6.45, 7) is 1.10. The molecule has 5 rings (SSSR count). The first-order valence-electron chi connectivity index (χ1n) is 9.08. The van der Waals surface area contributed by atoms with Crippen LogP contribution in [0.4, 0.5) is 0 Å². The number of piperidine rings is 1. The fraction of sp³-hybridized carbons (Fsp3) is 0.944. The first-order chi connectivity index (χ1) is 9.79. The molecule has 5 aliphatic rings. The zero-order valence-electron chi connectivity index (χ0n) is 12.7. The highest BCUT2D eigenvalue weighted by Crippen LogP contribution is 2.43. The Kier molecular flexibility index (Phi) is 3.62. The molecule has 3 aliphatic carbocycles. The molecule has 4 atom stereocenters. The van der Waals surface area contributed by atoms with E-state index >= 15 is 0 Å². The normalized spacial score (nSPS) is 46.0. The van der Waals surface area contributed by atoms with E-state index in [-0.39, 0.29) is 0 Å². The predicted molar refractivity (Wildman–Crippen MR) is 80.5 cm³/mol. The van der Waals surface area contributed by atoms with Crippen molar-refractivity contribution in [3.63, 3.8) is 0 Å². The second kappa shape index (κ2) is 5.44. The highest BCUT2D eigenvalue weighted by molar-refractivity contribution is 5.82. The molecule has 2 heteroatoms. The minimum absolute atomic E-state index is 0.383. The van der Waals surface area contributed by atoms with Gasteiger partial charge in [-0.2, -0.15) is 0 Å². The van der Waals surface area contributed by atoms with Crippen LogP contribution in [0.2, 0.25) is 0 Å². The standard InChI is InChI=1S/C18H29NO/c20-18-11-16-7-2-1-6-15(18)12-19(16)17-9-13-4-3-5-14(8-13)10-17/h13-17H,1-12H2. The minimum atomic E-state index is 0.383. The lowest BCUT2D eigenvalue weighted by Crippen LogP contribution is -2.55. The molecular formula is C18H29NO. The van der Waals surface area contributed by atoms with Gasteiger partial charge in [-0.25, -0.2) is 0 Å². The van der Waals surface area contributed by atoms with Crippen LogP contribution in [0.5, 0.6) is 0 Å². The molecule has 5 fully saturated rings. The van der Waals surface area contributed by atoms with Gasteiger partial charge in [-0.15, -0.1) is 0 Å². The van der Waals surface area contributed by atoms with E-state index < -0.39 is 0 Å². The van der Waals surface area contributed by atoms with Gasteiger partial charge >= 0.3 is 0 Å². The van der Waals surface area contributed by atoms with Crippen LogP contribution in [0.3, 0.4) is 0 Å². The van der Waals surface area contributed by atoms with Crippen molar-refractivity contribution < 1.29 is 4.79 Å². The zero-order chi connectivity index (χ0) is 13.5. The summed E-state index contributed by atoms with van der Waals surface area (Å²) in [6, 6.07) is 1.42. The van der Waals surface area contributed by atoms with Crippen LogP contribution in [0.15, 0.2) is 0 Å². The lowest BCUT2D eigenvalue weighted by Gasteiger charge is -2.50. The third-order valence-electron chi connectivity index (χ3n) is 6.70. The molecule has 20 heavy (non-hydrogen) atoms. The Morgan fingerprint density at radius 3 is 2.35 bits per heavy atom. The molecule has 4 bridgehead atoms. The first-order valence-corrected chi connectivity index (χ1v) is 9.08. The van der Waals surface area contributed by atoms with E-state index in [0.717, 1.165) is 30.8 Å². The van der Waals surface area contributed by atoms with Crippen LogP contribution in [-0.2, 0) is 4.79 Å².